The van der Waals surface area contributed by atoms with Crippen molar-refractivity contribution in [3.8, 4) is 11.1 Å². The number of halogens is 1. The van der Waals surface area contributed by atoms with Gasteiger partial charge in [-0.15, -0.1) is 0 Å². The van der Waals surface area contributed by atoms with E-state index in [1.165, 1.54) is 12.1 Å². The average Bonchev–Trinajstić information content (AvgIpc) is 3.51. The highest BCUT2D eigenvalue weighted by Crippen LogP contribution is 2.30. The van der Waals surface area contributed by atoms with Crippen LogP contribution in [0, 0.1) is 12.7 Å². The van der Waals surface area contributed by atoms with Crippen LogP contribution < -0.4 is 9.80 Å². The lowest BCUT2D eigenvalue weighted by molar-refractivity contribution is 0.101. The van der Waals surface area contributed by atoms with Crippen LogP contribution in [0.4, 0.5) is 16.2 Å². The molecule has 194 valence electrons. The van der Waals surface area contributed by atoms with Crippen molar-refractivity contribution in [3.05, 3.63) is 84.1 Å². The summed E-state index contributed by atoms with van der Waals surface area (Å²) < 4.78 is 17.0. The smallest absolute Gasteiger partial charge is 0.225 e. The summed E-state index contributed by atoms with van der Waals surface area (Å²) in [5.74, 6) is 1.14. The molecule has 6 rings (SSSR count). The van der Waals surface area contributed by atoms with Crippen molar-refractivity contribution < 1.29 is 9.50 Å². The van der Waals surface area contributed by atoms with Crippen LogP contribution in [-0.4, -0.2) is 65.6 Å². The Morgan fingerprint density at radius 1 is 0.921 bits per heavy atom. The molecule has 11 heteroatoms. The molecule has 5 aromatic rings. The number of aryl methyl sites for hydroxylation is 2. The summed E-state index contributed by atoms with van der Waals surface area (Å²) in [6, 6.07) is 7.91. The third-order valence-electron chi connectivity index (χ3n) is 7.18. The van der Waals surface area contributed by atoms with E-state index < -0.39 is 5.60 Å². The van der Waals surface area contributed by atoms with E-state index in [1.807, 2.05) is 35.6 Å². The Bertz CT molecular complexity index is 1580. The van der Waals surface area contributed by atoms with E-state index in [2.05, 4.69) is 41.0 Å². The van der Waals surface area contributed by atoms with Gasteiger partial charge in [-0.1, -0.05) is 12.1 Å². The van der Waals surface area contributed by atoms with Crippen LogP contribution in [-0.2, 0) is 12.6 Å². The SMILES string of the molecule is Cc1nn(C)cc1-c1cc2c(N3CCN(c4ncc([C@@](C)(O)c5ccc(F)cc5)cn4)CC3)ncnn2c1. The van der Waals surface area contributed by atoms with Crippen LogP contribution >= 0.6 is 0 Å². The Hall–Kier alpha value is -4.38. The summed E-state index contributed by atoms with van der Waals surface area (Å²) in [5, 5.41) is 19.9. The zero-order valence-electron chi connectivity index (χ0n) is 21.5. The highest BCUT2D eigenvalue weighted by Gasteiger charge is 2.28. The Morgan fingerprint density at radius 2 is 1.61 bits per heavy atom. The fraction of sp³-hybridized carbons (Fsp3) is 0.296. The number of aliphatic hydroxyl groups is 1. The molecule has 0 aliphatic carbocycles. The minimum Gasteiger partial charge on any atom is -0.381 e. The van der Waals surface area contributed by atoms with Crippen LogP contribution in [0.2, 0.25) is 0 Å². The van der Waals surface area contributed by atoms with E-state index in [0.29, 0.717) is 17.1 Å². The first-order valence-corrected chi connectivity index (χ1v) is 12.4. The first kappa shape index (κ1) is 24.0. The maximum Gasteiger partial charge on any atom is 0.225 e. The van der Waals surface area contributed by atoms with Crippen LogP contribution in [0.25, 0.3) is 16.6 Å². The van der Waals surface area contributed by atoms with Crippen molar-refractivity contribution in [1.82, 2.24) is 34.3 Å². The molecule has 1 atom stereocenters. The Kier molecular flexibility index (Phi) is 5.79. The highest BCUT2D eigenvalue weighted by molar-refractivity contribution is 5.78. The average molecular weight is 514 g/mol. The summed E-state index contributed by atoms with van der Waals surface area (Å²) in [5.41, 5.74) is 3.84. The first-order chi connectivity index (χ1) is 18.3. The molecule has 0 radical (unpaired) electrons. The number of hydrogen-bond donors (Lipinski definition) is 1. The Morgan fingerprint density at radius 3 is 2.26 bits per heavy atom. The lowest BCUT2D eigenvalue weighted by Crippen LogP contribution is -2.47. The lowest BCUT2D eigenvalue weighted by Gasteiger charge is -2.35. The van der Waals surface area contributed by atoms with Gasteiger partial charge in [-0.3, -0.25) is 4.68 Å². The quantitative estimate of drug-likeness (QED) is 0.383. The number of piperazine rings is 1. The number of aromatic nitrogens is 7. The van der Waals surface area contributed by atoms with Crippen molar-refractivity contribution in [3.63, 3.8) is 0 Å². The normalized spacial score (nSPS) is 15.7. The van der Waals surface area contributed by atoms with Crippen molar-refractivity contribution in [1.29, 1.82) is 0 Å². The monoisotopic (exact) mass is 513 g/mol. The molecule has 1 N–H and O–H groups in total. The summed E-state index contributed by atoms with van der Waals surface area (Å²) in [7, 11) is 1.92. The van der Waals surface area contributed by atoms with Gasteiger partial charge in [0.15, 0.2) is 5.82 Å². The predicted molar refractivity (Wildman–Crippen MR) is 141 cm³/mol. The van der Waals surface area contributed by atoms with Gasteiger partial charge in [-0.25, -0.2) is 23.9 Å². The molecule has 10 nitrogen and oxygen atoms in total. The number of anilines is 2. The minimum atomic E-state index is -1.33. The number of nitrogens with zero attached hydrogens (tertiary/aromatic N) is 9. The fourth-order valence-electron chi connectivity index (χ4n) is 4.99. The van der Waals surface area contributed by atoms with Gasteiger partial charge >= 0.3 is 0 Å². The lowest BCUT2D eigenvalue weighted by atomic mass is 9.90. The van der Waals surface area contributed by atoms with E-state index in [-0.39, 0.29) is 5.82 Å². The molecule has 0 amide bonds. The molecular weight excluding hydrogens is 485 g/mol. The molecule has 0 saturated carbocycles. The molecule has 4 aromatic heterocycles. The topological polar surface area (TPSA) is 100 Å². The summed E-state index contributed by atoms with van der Waals surface area (Å²) in [6.45, 7) is 6.59. The molecule has 1 aliphatic rings. The second-order valence-electron chi connectivity index (χ2n) is 9.77. The van der Waals surface area contributed by atoms with Gasteiger partial charge in [0.2, 0.25) is 5.95 Å². The number of fused-ring (bicyclic) bond motifs is 1. The maximum absolute atomic E-state index is 13.3. The van der Waals surface area contributed by atoms with Crippen LogP contribution in [0.1, 0.15) is 23.7 Å². The van der Waals surface area contributed by atoms with E-state index in [4.69, 9.17) is 0 Å². The van der Waals surface area contributed by atoms with Crippen LogP contribution in [0.5, 0.6) is 0 Å². The number of hydrogen-bond acceptors (Lipinski definition) is 8. The molecule has 1 aliphatic heterocycles. The molecule has 5 heterocycles. The predicted octanol–water partition coefficient (Wildman–Crippen LogP) is 2.95. The largest absolute Gasteiger partial charge is 0.381 e. The number of rotatable bonds is 5. The van der Waals surface area contributed by atoms with E-state index in [9.17, 15) is 9.50 Å². The third kappa shape index (κ3) is 4.24. The molecule has 0 unspecified atom stereocenters. The Labute approximate surface area is 219 Å². The van der Waals surface area contributed by atoms with Gasteiger partial charge in [-0.2, -0.15) is 10.2 Å². The zero-order chi connectivity index (χ0) is 26.4. The van der Waals surface area contributed by atoms with Crippen molar-refractivity contribution in [2.75, 3.05) is 36.0 Å². The molecule has 1 aromatic carbocycles. The zero-order valence-corrected chi connectivity index (χ0v) is 21.5. The number of benzene rings is 1. The van der Waals surface area contributed by atoms with E-state index in [0.717, 1.165) is 54.3 Å². The van der Waals surface area contributed by atoms with Gasteiger partial charge in [0.1, 0.15) is 23.3 Å². The van der Waals surface area contributed by atoms with Crippen LogP contribution in [0.3, 0.4) is 0 Å². The van der Waals surface area contributed by atoms with Gasteiger partial charge < -0.3 is 14.9 Å². The summed E-state index contributed by atoms with van der Waals surface area (Å²) >= 11 is 0. The van der Waals surface area contributed by atoms with E-state index >= 15 is 0 Å². The van der Waals surface area contributed by atoms with Gasteiger partial charge in [0.05, 0.1) is 5.69 Å². The van der Waals surface area contributed by atoms with Crippen molar-refractivity contribution in [2.45, 2.75) is 19.4 Å². The first-order valence-electron chi connectivity index (χ1n) is 12.4. The van der Waals surface area contributed by atoms with Gasteiger partial charge in [0, 0.05) is 74.7 Å². The second-order valence-corrected chi connectivity index (χ2v) is 9.77. The van der Waals surface area contributed by atoms with Crippen molar-refractivity contribution in [2.24, 2.45) is 7.05 Å². The third-order valence-corrected chi connectivity index (χ3v) is 7.18. The highest BCUT2D eigenvalue weighted by atomic mass is 19.1. The molecule has 38 heavy (non-hydrogen) atoms. The molecule has 1 saturated heterocycles. The Balaban J connectivity index is 1.17. The van der Waals surface area contributed by atoms with Crippen LogP contribution in [0.15, 0.2) is 61.4 Å². The van der Waals surface area contributed by atoms with E-state index in [1.54, 1.807) is 37.8 Å². The maximum atomic E-state index is 13.3. The standard InChI is InChI=1S/C27H28FN9O/c1-18-23(16-34(3)33-18)19-12-24-25(31-17-32-37(24)15-19)35-8-10-36(11-9-35)26-29-13-21(14-30-26)27(2,38)20-4-6-22(28)7-5-20/h4-7,12-17,38H,8-11H2,1-3H3/t27-/m0/s1. The van der Waals surface area contributed by atoms with Crippen molar-refractivity contribution >= 4 is 17.3 Å². The molecule has 0 bridgehead atoms. The molecule has 0 spiro atoms. The second kappa shape index (κ2) is 9.18. The fourth-order valence-corrected chi connectivity index (χ4v) is 4.99. The van der Waals surface area contributed by atoms with Gasteiger partial charge in [0.25, 0.3) is 0 Å². The van der Waals surface area contributed by atoms with Gasteiger partial charge in [-0.05, 0) is 37.6 Å². The molecule has 1 fully saturated rings. The minimum absolute atomic E-state index is 0.348. The molecular formula is C27H28FN9O. The summed E-state index contributed by atoms with van der Waals surface area (Å²) in [4.78, 5) is 18.0. The summed E-state index contributed by atoms with van der Waals surface area (Å²) in [6.07, 6.45) is 8.88.